The predicted molar refractivity (Wildman–Crippen MR) is 60.9 cm³/mol. The monoisotopic (exact) mass is 240 g/mol. The molecule has 5 N–H and O–H groups in total. The van der Waals surface area contributed by atoms with Crippen molar-refractivity contribution in [1.82, 2.24) is 4.57 Å². The van der Waals surface area contributed by atoms with Crippen LogP contribution in [0.25, 0.3) is 0 Å². The molecule has 1 aromatic heterocycles. The van der Waals surface area contributed by atoms with Gasteiger partial charge in [-0.15, -0.1) is 0 Å². The second kappa shape index (κ2) is 8.05. The molecule has 7 heteroatoms. The lowest BCUT2D eigenvalue weighted by molar-refractivity contribution is -0.106. The van der Waals surface area contributed by atoms with Gasteiger partial charge in [-0.3, -0.25) is 10.2 Å². The Morgan fingerprint density at radius 1 is 1.65 bits per heavy atom. The average molecular weight is 240 g/mol. The van der Waals surface area contributed by atoms with Gasteiger partial charge in [0.2, 0.25) is 6.41 Å². The van der Waals surface area contributed by atoms with E-state index in [1.165, 1.54) is 0 Å². The highest BCUT2D eigenvalue weighted by molar-refractivity contribution is 5.88. The molecular weight excluding hydrogens is 224 g/mol. The summed E-state index contributed by atoms with van der Waals surface area (Å²) in [6, 6.07) is 3.25. The van der Waals surface area contributed by atoms with Crippen LogP contribution in [0.15, 0.2) is 18.3 Å². The molecule has 0 aliphatic heterocycles. The van der Waals surface area contributed by atoms with E-state index in [0.29, 0.717) is 0 Å². The van der Waals surface area contributed by atoms with Crippen LogP contribution in [0.3, 0.4) is 0 Å². The zero-order valence-electron chi connectivity index (χ0n) is 9.55. The number of primary amides is 1. The molecule has 17 heavy (non-hydrogen) atoms. The number of nitrogens with two attached hydrogens (primary N) is 2. The number of aryl methyl sites for hydroxylation is 1. The number of pyridine rings is 1. The molecule has 0 bridgehead atoms. The van der Waals surface area contributed by atoms with Gasteiger partial charge in [0.1, 0.15) is 17.7 Å². The summed E-state index contributed by atoms with van der Waals surface area (Å²) in [5.74, 6) is -0.503. The number of amides is 1. The summed E-state index contributed by atoms with van der Waals surface area (Å²) >= 11 is 0. The van der Waals surface area contributed by atoms with E-state index in [9.17, 15) is 4.79 Å². The molecule has 0 atom stereocenters. The van der Waals surface area contributed by atoms with Crippen molar-refractivity contribution in [2.24, 2.45) is 18.5 Å². The number of aromatic nitrogens is 1. The SMILES string of the molecule is Cn1cccc(C(=O)OCCN)c1=N.NC=O. The van der Waals surface area contributed by atoms with Crippen LogP contribution in [0.5, 0.6) is 0 Å². The zero-order chi connectivity index (χ0) is 13.3. The van der Waals surface area contributed by atoms with Crippen molar-refractivity contribution in [1.29, 1.82) is 5.41 Å². The topological polar surface area (TPSA) is 124 Å². The number of nitrogens with one attached hydrogen (secondary N) is 1. The standard InChI is InChI=1S/C9H13N3O2.CH3NO/c1-12-5-2-3-7(8(12)11)9(13)14-6-4-10;2-1-3/h2-3,5,11H,4,6,10H2,1H3;1H,(H2,2,3). The van der Waals surface area contributed by atoms with E-state index < -0.39 is 5.97 Å². The molecule has 0 saturated carbocycles. The second-order valence-electron chi connectivity index (χ2n) is 2.94. The summed E-state index contributed by atoms with van der Waals surface area (Å²) in [6.07, 6.45) is 1.95. The summed E-state index contributed by atoms with van der Waals surface area (Å²) in [4.78, 5) is 19.9. The fourth-order valence-corrected chi connectivity index (χ4v) is 1.01. The summed E-state index contributed by atoms with van der Waals surface area (Å²) < 4.78 is 6.36. The zero-order valence-corrected chi connectivity index (χ0v) is 9.55. The molecule has 1 amide bonds. The van der Waals surface area contributed by atoms with Crippen molar-refractivity contribution in [3.05, 3.63) is 29.4 Å². The Morgan fingerprint density at radius 3 is 2.76 bits per heavy atom. The fraction of sp³-hybridized carbons (Fsp3) is 0.300. The van der Waals surface area contributed by atoms with Crippen molar-refractivity contribution in [3.63, 3.8) is 0 Å². The lowest BCUT2D eigenvalue weighted by atomic mass is 10.3. The first-order chi connectivity index (χ1) is 8.08. The number of esters is 1. The van der Waals surface area contributed by atoms with E-state index in [1.54, 1.807) is 29.9 Å². The van der Waals surface area contributed by atoms with Gasteiger partial charge in [-0.2, -0.15) is 0 Å². The number of hydrogen-bond acceptors (Lipinski definition) is 5. The molecule has 1 heterocycles. The average Bonchev–Trinajstić information content (AvgIpc) is 2.30. The molecule has 1 rings (SSSR count). The molecule has 7 nitrogen and oxygen atoms in total. The van der Waals surface area contributed by atoms with E-state index in [2.05, 4.69) is 5.73 Å². The van der Waals surface area contributed by atoms with Crippen molar-refractivity contribution in [2.75, 3.05) is 13.2 Å². The molecule has 0 aliphatic rings. The summed E-state index contributed by atoms with van der Waals surface area (Å²) in [7, 11) is 1.70. The Morgan fingerprint density at radius 2 is 2.24 bits per heavy atom. The largest absolute Gasteiger partial charge is 0.461 e. The van der Waals surface area contributed by atoms with E-state index in [1.807, 2.05) is 0 Å². The van der Waals surface area contributed by atoms with Gasteiger partial charge < -0.3 is 20.8 Å². The smallest absolute Gasteiger partial charge is 0.341 e. The maximum absolute atomic E-state index is 11.4. The van der Waals surface area contributed by atoms with E-state index in [0.717, 1.165) is 0 Å². The Bertz CT molecular complexity index is 428. The van der Waals surface area contributed by atoms with Crippen molar-refractivity contribution in [3.8, 4) is 0 Å². The molecule has 0 fully saturated rings. The molecular formula is C10H16N4O3. The predicted octanol–water partition coefficient (Wildman–Crippen LogP) is -1.28. The summed E-state index contributed by atoms with van der Waals surface area (Å²) in [5.41, 5.74) is 9.75. The van der Waals surface area contributed by atoms with Gasteiger partial charge in [0.15, 0.2) is 0 Å². The molecule has 0 radical (unpaired) electrons. The van der Waals surface area contributed by atoms with E-state index in [-0.39, 0.29) is 30.6 Å². The van der Waals surface area contributed by atoms with Crippen LogP contribution in [-0.4, -0.2) is 30.1 Å². The summed E-state index contributed by atoms with van der Waals surface area (Å²) in [6.45, 7) is 0.467. The maximum Gasteiger partial charge on any atom is 0.341 e. The minimum absolute atomic E-state index is 0.134. The number of hydrogen-bond donors (Lipinski definition) is 3. The minimum atomic E-state index is -0.503. The first kappa shape index (κ1) is 14.8. The number of nitrogens with zero attached hydrogens (tertiary/aromatic N) is 1. The molecule has 1 aromatic rings. The fourth-order valence-electron chi connectivity index (χ4n) is 1.01. The number of rotatable bonds is 3. The molecule has 0 aromatic carbocycles. The minimum Gasteiger partial charge on any atom is -0.461 e. The van der Waals surface area contributed by atoms with Crippen molar-refractivity contribution >= 4 is 12.4 Å². The normalized spacial score (nSPS) is 8.82. The van der Waals surface area contributed by atoms with Crippen LogP contribution < -0.4 is 17.0 Å². The van der Waals surface area contributed by atoms with Gasteiger partial charge in [0, 0.05) is 19.8 Å². The van der Waals surface area contributed by atoms with Crippen LogP contribution in [0.1, 0.15) is 10.4 Å². The van der Waals surface area contributed by atoms with Crippen LogP contribution in [0, 0.1) is 5.41 Å². The van der Waals surface area contributed by atoms with Crippen LogP contribution in [0.2, 0.25) is 0 Å². The number of carbonyl (C=O) groups excluding carboxylic acids is 2. The quantitative estimate of drug-likeness (QED) is 0.449. The van der Waals surface area contributed by atoms with Gasteiger partial charge in [0.05, 0.1) is 0 Å². The highest BCUT2D eigenvalue weighted by Gasteiger charge is 2.09. The lowest BCUT2D eigenvalue weighted by Crippen LogP contribution is -2.25. The third-order valence-electron chi connectivity index (χ3n) is 1.75. The van der Waals surface area contributed by atoms with Crippen molar-refractivity contribution < 1.29 is 14.3 Å². The lowest BCUT2D eigenvalue weighted by Gasteiger charge is -2.05. The Balaban J connectivity index is 0.000000770. The molecule has 0 aliphatic carbocycles. The third kappa shape index (κ3) is 4.94. The van der Waals surface area contributed by atoms with Gasteiger partial charge in [-0.25, -0.2) is 4.79 Å². The Hall–Kier alpha value is -2.15. The number of carbonyl (C=O) groups is 2. The van der Waals surface area contributed by atoms with Crippen molar-refractivity contribution in [2.45, 2.75) is 0 Å². The number of ether oxygens (including phenoxy) is 1. The first-order valence-corrected chi connectivity index (χ1v) is 4.81. The van der Waals surface area contributed by atoms with Crippen LogP contribution in [0.4, 0.5) is 0 Å². The first-order valence-electron chi connectivity index (χ1n) is 4.81. The van der Waals surface area contributed by atoms with Gasteiger partial charge in [-0.05, 0) is 12.1 Å². The van der Waals surface area contributed by atoms with Crippen LogP contribution in [-0.2, 0) is 16.6 Å². The van der Waals surface area contributed by atoms with E-state index in [4.69, 9.17) is 20.7 Å². The van der Waals surface area contributed by atoms with Gasteiger partial charge in [0.25, 0.3) is 0 Å². The maximum atomic E-state index is 11.4. The Kier molecular flexibility index (Phi) is 7.04. The highest BCUT2D eigenvalue weighted by atomic mass is 16.5. The molecule has 0 spiro atoms. The Labute approximate surface area is 98.5 Å². The highest BCUT2D eigenvalue weighted by Crippen LogP contribution is 1.94. The molecule has 94 valence electrons. The summed E-state index contributed by atoms with van der Waals surface area (Å²) in [5, 5.41) is 7.59. The third-order valence-corrected chi connectivity index (χ3v) is 1.75. The van der Waals surface area contributed by atoms with E-state index >= 15 is 0 Å². The van der Waals surface area contributed by atoms with Crippen LogP contribution >= 0.6 is 0 Å². The van der Waals surface area contributed by atoms with Gasteiger partial charge >= 0.3 is 5.97 Å². The molecule has 0 unspecified atom stereocenters. The van der Waals surface area contributed by atoms with Gasteiger partial charge in [-0.1, -0.05) is 0 Å². The molecule has 0 saturated heterocycles. The second-order valence-corrected chi connectivity index (χ2v) is 2.94.